The van der Waals surface area contributed by atoms with E-state index in [-0.39, 0.29) is 17.7 Å². The first-order chi connectivity index (χ1) is 16.3. The molecule has 0 aromatic carbocycles. The number of hydrogen-bond donors (Lipinski definition) is 1. The molecule has 35 heavy (non-hydrogen) atoms. The standard InChI is InChI=1S/C32H54O3/c1-21(19-29(34)35-30(3,4)5)9-8-10-22(2)26-13-14-27-25-12-11-23-20-24(33)15-17-31(23,6)28(25)16-18-32(26,27)7/h11,21-22,24-28,33H,8-10,12-20H2,1-7H3/t21?,22-,24+,25+,26-,27+,28+,31+,32-/m1/s1. The van der Waals surface area contributed by atoms with Crippen molar-refractivity contribution in [2.45, 2.75) is 137 Å². The molecule has 3 fully saturated rings. The fourth-order valence-corrected chi connectivity index (χ4v) is 9.38. The van der Waals surface area contributed by atoms with Crippen LogP contribution >= 0.6 is 0 Å². The van der Waals surface area contributed by atoms with Crippen molar-refractivity contribution >= 4 is 5.97 Å². The minimum atomic E-state index is -0.385. The number of aliphatic hydroxyl groups is 1. The van der Waals surface area contributed by atoms with Crippen molar-refractivity contribution in [3.63, 3.8) is 0 Å². The fourth-order valence-electron chi connectivity index (χ4n) is 9.38. The average Bonchev–Trinajstić information content (AvgIpc) is 3.10. The van der Waals surface area contributed by atoms with E-state index in [0.29, 0.717) is 23.2 Å². The van der Waals surface area contributed by atoms with E-state index in [1.807, 2.05) is 20.8 Å². The Hall–Kier alpha value is -0.830. The highest BCUT2D eigenvalue weighted by Crippen LogP contribution is 2.67. The van der Waals surface area contributed by atoms with Crippen molar-refractivity contribution in [3.8, 4) is 0 Å². The number of rotatable bonds is 7. The van der Waals surface area contributed by atoms with Gasteiger partial charge in [0.1, 0.15) is 5.60 Å². The van der Waals surface area contributed by atoms with E-state index in [1.54, 1.807) is 5.57 Å². The highest BCUT2D eigenvalue weighted by Gasteiger charge is 2.59. The monoisotopic (exact) mass is 486 g/mol. The maximum Gasteiger partial charge on any atom is 0.306 e. The zero-order valence-electron chi connectivity index (χ0n) is 23.9. The topological polar surface area (TPSA) is 46.5 Å². The van der Waals surface area contributed by atoms with Crippen LogP contribution in [0.2, 0.25) is 0 Å². The van der Waals surface area contributed by atoms with E-state index < -0.39 is 0 Å². The Morgan fingerprint density at radius 1 is 1.09 bits per heavy atom. The Balaban J connectivity index is 1.32. The zero-order chi connectivity index (χ0) is 25.6. The highest BCUT2D eigenvalue weighted by atomic mass is 16.6. The molecular formula is C32H54O3. The molecule has 3 saturated carbocycles. The van der Waals surface area contributed by atoms with Gasteiger partial charge in [0, 0.05) is 6.42 Å². The van der Waals surface area contributed by atoms with Gasteiger partial charge >= 0.3 is 5.97 Å². The van der Waals surface area contributed by atoms with Gasteiger partial charge in [0.15, 0.2) is 0 Å². The van der Waals surface area contributed by atoms with Crippen LogP contribution in [-0.4, -0.2) is 22.8 Å². The van der Waals surface area contributed by atoms with Crippen LogP contribution in [0.4, 0.5) is 0 Å². The van der Waals surface area contributed by atoms with E-state index in [4.69, 9.17) is 4.74 Å². The lowest BCUT2D eigenvalue weighted by Gasteiger charge is -2.58. The van der Waals surface area contributed by atoms with E-state index in [0.717, 1.165) is 48.9 Å². The van der Waals surface area contributed by atoms with Crippen molar-refractivity contribution in [3.05, 3.63) is 11.6 Å². The van der Waals surface area contributed by atoms with Gasteiger partial charge < -0.3 is 9.84 Å². The molecule has 4 rings (SSSR count). The lowest BCUT2D eigenvalue weighted by Crippen LogP contribution is -2.50. The van der Waals surface area contributed by atoms with E-state index in [1.165, 1.54) is 51.4 Å². The van der Waals surface area contributed by atoms with Crippen LogP contribution in [-0.2, 0) is 9.53 Å². The second kappa shape index (κ2) is 10.1. The van der Waals surface area contributed by atoms with Crippen molar-refractivity contribution in [1.82, 2.24) is 0 Å². The number of esters is 1. The molecule has 3 heteroatoms. The number of carbonyl (C=O) groups excluding carboxylic acids is 1. The number of allylic oxidation sites excluding steroid dienone is 1. The van der Waals surface area contributed by atoms with Gasteiger partial charge in [-0.2, -0.15) is 0 Å². The summed E-state index contributed by atoms with van der Waals surface area (Å²) >= 11 is 0. The lowest BCUT2D eigenvalue weighted by molar-refractivity contribution is -0.155. The third-order valence-electron chi connectivity index (χ3n) is 11.1. The average molecular weight is 487 g/mol. The third kappa shape index (κ3) is 5.55. The summed E-state index contributed by atoms with van der Waals surface area (Å²) in [5, 5.41) is 10.3. The molecule has 0 radical (unpaired) electrons. The normalized spacial score (nSPS) is 40.7. The summed E-state index contributed by atoms with van der Waals surface area (Å²) in [6.07, 6.45) is 16.6. The first kappa shape index (κ1) is 27.2. The molecule has 0 aliphatic heterocycles. The zero-order valence-corrected chi connectivity index (χ0v) is 23.9. The van der Waals surface area contributed by atoms with Gasteiger partial charge in [-0.3, -0.25) is 4.79 Å². The molecule has 0 amide bonds. The number of aliphatic hydroxyl groups excluding tert-OH is 1. The highest BCUT2D eigenvalue weighted by molar-refractivity contribution is 5.70. The second-order valence-electron chi connectivity index (χ2n) is 14.7. The molecule has 1 N–H and O–H groups in total. The molecule has 0 aromatic heterocycles. The predicted molar refractivity (Wildman–Crippen MR) is 144 cm³/mol. The largest absolute Gasteiger partial charge is 0.460 e. The van der Waals surface area contributed by atoms with Crippen molar-refractivity contribution in [2.24, 2.45) is 46.3 Å². The van der Waals surface area contributed by atoms with Gasteiger partial charge in [0.2, 0.25) is 0 Å². The SMILES string of the molecule is CC(CCC[C@@H](C)[C@H]1CC[C@H]2[C@@H]3CC=C4C[C@@H](O)CC[C@]4(C)[C@H]3CC[C@]12C)CC(=O)OC(C)(C)C. The number of ether oxygens (including phenoxy) is 1. The van der Waals surface area contributed by atoms with Gasteiger partial charge in [-0.1, -0.05) is 58.6 Å². The first-order valence-electron chi connectivity index (χ1n) is 14.9. The van der Waals surface area contributed by atoms with Crippen LogP contribution in [0.15, 0.2) is 11.6 Å². The Morgan fingerprint density at radius 3 is 2.54 bits per heavy atom. The molecule has 0 bridgehead atoms. The Bertz CT molecular complexity index is 793. The lowest BCUT2D eigenvalue weighted by atomic mass is 9.47. The molecule has 0 spiro atoms. The summed E-state index contributed by atoms with van der Waals surface area (Å²) in [6.45, 7) is 15.8. The third-order valence-corrected chi connectivity index (χ3v) is 11.1. The molecular weight excluding hydrogens is 432 g/mol. The molecule has 1 unspecified atom stereocenters. The summed E-state index contributed by atoms with van der Waals surface area (Å²) < 4.78 is 5.52. The van der Waals surface area contributed by atoms with E-state index >= 15 is 0 Å². The Labute approximate surface area is 215 Å². The smallest absolute Gasteiger partial charge is 0.306 e. The summed E-state index contributed by atoms with van der Waals surface area (Å²) in [7, 11) is 0. The van der Waals surface area contributed by atoms with Gasteiger partial charge in [-0.05, 0) is 118 Å². The van der Waals surface area contributed by atoms with Crippen molar-refractivity contribution in [2.75, 3.05) is 0 Å². The fraction of sp³-hybridized carbons (Fsp3) is 0.906. The van der Waals surface area contributed by atoms with Gasteiger partial charge in [0.05, 0.1) is 6.10 Å². The van der Waals surface area contributed by atoms with Crippen LogP contribution in [0.1, 0.15) is 126 Å². The van der Waals surface area contributed by atoms with Crippen LogP contribution in [0.5, 0.6) is 0 Å². The van der Waals surface area contributed by atoms with Crippen LogP contribution in [0.3, 0.4) is 0 Å². The molecule has 200 valence electrons. The molecule has 0 saturated heterocycles. The minimum absolute atomic E-state index is 0.0492. The molecule has 4 aliphatic carbocycles. The maximum atomic E-state index is 12.2. The minimum Gasteiger partial charge on any atom is -0.460 e. The van der Waals surface area contributed by atoms with E-state index in [9.17, 15) is 9.90 Å². The summed E-state index contributed by atoms with van der Waals surface area (Å²) in [6, 6.07) is 0. The number of fused-ring (bicyclic) bond motifs is 5. The Kier molecular flexibility index (Phi) is 7.89. The first-order valence-corrected chi connectivity index (χ1v) is 14.9. The number of carbonyl (C=O) groups is 1. The van der Waals surface area contributed by atoms with Crippen molar-refractivity contribution in [1.29, 1.82) is 0 Å². The predicted octanol–water partition coefficient (Wildman–Crippen LogP) is 8.10. The molecule has 4 aliphatic rings. The number of hydrogen-bond acceptors (Lipinski definition) is 3. The van der Waals surface area contributed by atoms with Crippen molar-refractivity contribution < 1.29 is 14.6 Å². The summed E-state index contributed by atoms with van der Waals surface area (Å²) in [4.78, 5) is 12.2. The molecule has 9 atom stereocenters. The molecule has 3 nitrogen and oxygen atoms in total. The quantitative estimate of drug-likeness (QED) is 0.292. The van der Waals surface area contributed by atoms with Gasteiger partial charge in [-0.15, -0.1) is 0 Å². The van der Waals surface area contributed by atoms with Crippen LogP contribution in [0.25, 0.3) is 0 Å². The second-order valence-corrected chi connectivity index (χ2v) is 14.7. The van der Waals surface area contributed by atoms with Gasteiger partial charge in [0.25, 0.3) is 0 Å². The maximum absolute atomic E-state index is 12.2. The molecule has 0 aromatic rings. The molecule has 0 heterocycles. The summed E-state index contributed by atoms with van der Waals surface area (Å²) in [5.74, 6) is 4.52. The van der Waals surface area contributed by atoms with Crippen LogP contribution < -0.4 is 0 Å². The van der Waals surface area contributed by atoms with E-state index in [2.05, 4.69) is 33.8 Å². The summed E-state index contributed by atoms with van der Waals surface area (Å²) in [5.41, 5.74) is 2.05. The van der Waals surface area contributed by atoms with Crippen LogP contribution in [0, 0.1) is 46.3 Å². The van der Waals surface area contributed by atoms with Gasteiger partial charge in [-0.25, -0.2) is 0 Å². The Morgan fingerprint density at radius 2 is 1.83 bits per heavy atom.